The molecule has 3 N–H and O–H groups in total. The van der Waals surface area contributed by atoms with Gasteiger partial charge in [-0.3, -0.25) is 0 Å². The lowest BCUT2D eigenvalue weighted by Gasteiger charge is -2.32. The molecule has 0 aromatic carbocycles. The number of carbonyl (C=O) groups is 1. The summed E-state index contributed by atoms with van der Waals surface area (Å²) in [4.78, 5) is 17.3. The van der Waals surface area contributed by atoms with E-state index >= 15 is 0 Å². The fraction of sp³-hybridized carbons (Fsp3) is 0.500. The van der Waals surface area contributed by atoms with Gasteiger partial charge in [-0.05, 0) is 24.8 Å². The second-order valence-corrected chi connectivity index (χ2v) is 4.57. The van der Waals surface area contributed by atoms with Crippen LogP contribution in [0.4, 0.5) is 11.5 Å². The highest BCUT2D eigenvalue weighted by molar-refractivity contribution is 5.96. The van der Waals surface area contributed by atoms with E-state index in [9.17, 15) is 4.79 Å². The molecule has 2 heterocycles. The van der Waals surface area contributed by atoms with E-state index in [1.54, 1.807) is 0 Å². The molecule has 0 aliphatic carbocycles. The van der Waals surface area contributed by atoms with Crippen LogP contribution in [0.15, 0.2) is 12.3 Å². The van der Waals surface area contributed by atoms with Gasteiger partial charge in [-0.2, -0.15) is 0 Å². The van der Waals surface area contributed by atoms with Crippen molar-refractivity contribution in [3.05, 3.63) is 17.8 Å². The number of anilines is 2. The van der Waals surface area contributed by atoms with Gasteiger partial charge in [-0.25, -0.2) is 9.78 Å². The van der Waals surface area contributed by atoms with Crippen molar-refractivity contribution < 1.29 is 9.90 Å². The van der Waals surface area contributed by atoms with Gasteiger partial charge >= 0.3 is 5.97 Å². The number of nitrogens with two attached hydrogens (primary N) is 1. The van der Waals surface area contributed by atoms with Crippen LogP contribution in [0.5, 0.6) is 0 Å². The molecule has 17 heavy (non-hydrogen) atoms. The first kappa shape index (κ1) is 11.7. The zero-order valence-electron chi connectivity index (χ0n) is 9.89. The Hall–Kier alpha value is -1.78. The molecule has 5 heteroatoms. The first-order valence-electron chi connectivity index (χ1n) is 5.82. The van der Waals surface area contributed by atoms with Gasteiger partial charge in [0, 0.05) is 19.3 Å². The fourth-order valence-electron chi connectivity index (χ4n) is 2.12. The van der Waals surface area contributed by atoms with Crippen LogP contribution in [-0.2, 0) is 0 Å². The smallest absolute Gasteiger partial charge is 0.337 e. The normalized spacial score (nSPS) is 17.1. The van der Waals surface area contributed by atoms with E-state index in [2.05, 4.69) is 16.8 Å². The number of aromatic carboxylic acids is 1. The van der Waals surface area contributed by atoms with Crippen molar-refractivity contribution in [3.63, 3.8) is 0 Å². The lowest BCUT2D eigenvalue weighted by Crippen LogP contribution is -2.34. The highest BCUT2D eigenvalue weighted by Gasteiger charge is 2.21. The van der Waals surface area contributed by atoms with Crippen LogP contribution < -0.4 is 10.6 Å². The Morgan fingerprint density at radius 1 is 1.53 bits per heavy atom. The van der Waals surface area contributed by atoms with E-state index in [0.29, 0.717) is 5.82 Å². The zero-order valence-corrected chi connectivity index (χ0v) is 9.89. The van der Waals surface area contributed by atoms with Crippen LogP contribution in [0.25, 0.3) is 0 Å². The minimum atomic E-state index is -1.00. The second kappa shape index (κ2) is 4.61. The van der Waals surface area contributed by atoms with Crippen LogP contribution in [0.2, 0.25) is 0 Å². The van der Waals surface area contributed by atoms with Crippen molar-refractivity contribution in [1.82, 2.24) is 4.98 Å². The minimum Gasteiger partial charge on any atom is -0.478 e. The summed E-state index contributed by atoms with van der Waals surface area (Å²) < 4.78 is 0. The van der Waals surface area contributed by atoms with Gasteiger partial charge in [0.15, 0.2) is 5.82 Å². The molecule has 1 aromatic rings. The van der Waals surface area contributed by atoms with E-state index in [1.807, 2.05) is 0 Å². The van der Waals surface area contributed by atoms with Crippen molar-refractivity contribution in [1.29, 1.82) is 0 Å². The van der Waals surface area contributed by atoms with Gasteiger partial charge in [0.1, 0.15) is 0 Å². The van der Waals surface area contributed by atoms with Crippen molar-refractivity contribution >= 4 is 17.5 Å². The molecule has 1 saturated heterocycles. The first-order chi connectivity index (χ1) is 8.09. The Morgan fingerprint density at radius 2 is 2.18 bits per heavy atom. The monoisotopic (exact) mass is 235 g/mol. The molecule has 0 spiro atoms. The molecule has 1 aliphatic heterocycles. The maximum atomic E-state index is 11.0. The lowest BCUT2D eigenvalue weighted by atomic mass is 9.99. The number of nitrogens with zero attached hydrogens (tertiary/aromatic N) is 2. The van der Waals surface area contributed by atoms with Gasteiger partial charge in [-0.15, -0.1) is 0 Å². The zero-order chi connectivity index (χ0) is 12.4. The molecule has 0 unspecified atom stereocenters. The first-order valence-corrected chi connectivity index (χ1v) is 5.82. The summed E-state index contributed by atoms with van der Waals surface area (Å²) in [5.74, 6) is 0.323. The molecule has 0 radical (unpaired) electrons. The summed E-state index contributed by atoms with van der Waals surface area (Å²) >= 11 is 0. The molecule has 1 aromatic heterocycles. The number of pyridine rings is 1. The average Bonchev–Trinajstić information content (AvgIpc) is 2.30. The van der Waals surface area contributed by atoms with Crippen molar-refractivity contribution in [2.24, 2.45) is 5.92 Å². The van der Waals surface area contributed by atoms with Crippen molar-refractivity contribution in [2.45, 2.75) is 19.8 Å². The molecule has 0 amide bonds. The largest absolute Gasteiger partial charge is 0.478 e. The predicted octanol–water partition coefficient (Wildman–Crippen LogP) is 1.60. The van der Waals surface area contributed by atoms with Crippen LogP contribution in [0, 0.1) is 5.92 Å². The number of carboxylic acid groups (broad SMARTS) is 1. The SMILES string of the molecule is CC1CCN(c2nccc(C(=O)O)c2N)CC1. The summed E-state index contributed by atoms with van der Waals surface area (Å²) in [5, 5.41) is 9.00. The molecule has 1 aliphatic rings. The third kappa shape index (κ3) is 2.33. The van der Waals surface area contributed by atoms with E-state index in [1.165, 1.54) is 12.3 Å². The molecule has 0 saturated carbocycles. The average molecular weight is 235 g/mol. The highest BCUT2D eigenvalue weighted by atomic mass is 16.4. The Labute approximate surface area is 100 Å². The fourth-order valence-corrected chi connectivity index (χ4v) is 2.12. The summed E-state index contributed by atoms with van der Waals surface area (Å²) in [5.41, 5.74) is 6.27. The van der Waals surface area contributed by atoms with Gasteiger partial charge in [0.25, 0.3) is 0 Å². The summed E-state index contributed by atoms with van der Waals surface area (Å²) in [7, 11) is 0. The van der Waals surface area contributed by atoms with Crippen molar-refractivity contribution in [2.75, 3.05) is 23.7 Å². The summed E-state index contributed by atoms with van der Waals surface area (Å²) in [6.07, 6.45) is 3.70. The van der Waals surface area contributed by atoms with E-state index < -0.39 is 5.97 Å². The minimum absolute atomic E-state index is 0.133. The number of piperidine rings is 1. The topological polar surface area (TPSA) is 79.5 Å². The molecule has 1 fully saturated rings. The molecule has 0 atom stereocenters. The Kier molecular flexibility index (Phi) is 3.17. The number of rotatable bonds is 2. The third-order valence-electron chi connectivity index (χ3n) is 3.28. The Bertz CT molecular complexity index is 426. The number of hydrogen-bond donors (Lipinski definition) is 2. The van der Waals surface area contributed by atoms with Crippen LogP contribution >= 0.6 is 0 Å². The van der Waals surface area contributed by atoms with Crippen LogP contribution in [0.1, 0.15) is 30.1 Å². The number of aromatic nitrogens is 1. The lowest BCUT2D eigenvalue weighted by molar-refractivity contribution is 0.0698. The quantitative estimate of drug-likeness (QED) is 0.813. The van der Waals surface area contributed by atoms with E-state index in [0.717, 1.165) is 31.8 Å². The van der Waals surface area contributed by atoms with Crippen LogP contribution in [-0.4, -0.2) is 29.1 Å². The summed E-state index contributed by atoms with van der Waals surface area (Å²) in [6, 6.07) is 1.44. The molecule has 0 bridgehead atoms. The Balaban J connectivity index is 2.27. The Morgan fingerprint density at radius 3 is 2.76 bits per heavy atom. The number of nitrogen functional groups attached to an aromatic ring is 1. The third-order valence-corrected chi connectivity index (χ3v) is 3.28. The predicted molar refractivity (Wildman–Crippen MR) is 66.2 cm³/mol. The maximum Gasteiger partial charge on any atom is 0.337 e. The van der Waals surface area contributed by atoms with E-state index in [-0.39, 0.29) is 11.3 Å². The number of carboxylic acids is 1. The molecular weight excluding hydrogens is 218 g/mol. The van der Waals surface area contributed by atoms with Gasteiger partial charge in [-0.1, -0.05) is 6.92 Å². The van der Waals surface area contributed by atoms with E-state index in [4.69, 9.17) is 10.8 Å². The maximum absolute atomic E-state index is 11.0. The highest BCUT2D eigenvalue weighted by Crippen LogP contribution is 2.27. The van der Waals surface area contributed by atoms with Crippen LogP contribution in [0.3, 0.4) is 0 Å². The number of hydrogen-bond acceptors (Lipinski definition) is 4. The van der Waals surface area contributed by atoms with Crippen molar-refractivity contribution in [3.8, 4) is 0 Å². The standard InChI is InChI=1S/C12H17N3O2/c1-8-3-6-15(7-4-8)11-10(13)9(12(16)17)2-5-14-11/h2,5,8H,3-4,6-7,13H2,1H3,(H,16,17). The second-order valence-electron chi connectivity index (χ2n) is 4.57. The van der Waals surface area contributed by atoms with Gasteiger partial charge < -0.3 is 15.7 Å². The molecular formula is C12H17N3O2. The molecule has 92 valence electrons. The molecule has 5 nitrogen and oxygen atoms in total. The molecule has 2 rings (SSSR count). The van der Waals surface area contributed by atoms with Gasteiger partial charge in [0.05, 0.1) is 11.3 Å². The summed E-state index contributed by atoms with van der Waals surface area (Å²) in [6.45, 7) is 4.00. The van der Waals surface area contributed by atoms with Gasteiger partial charge in [0.2, 0.25) is 0 Å².